The summed E-state index contributed by atoms with van der Waals surface area (Å²) in [5, 5.41) is 4.49. The lowest BCUT2D eigenvalue weighted by Crippen LogP contribution is -2.08. The van der Waals surface area contributed by atoms with E-state index in [4.69, 9.17) is 25.6 Å². The van der Waals surface area contributed by atoms with Crippen LogP contribution in [0, 0.1) is 13.8 Å². The van der Waals surface area contributed by atoms with Gasteiger partial charge in [-0.1, -0.05) is 47.1 Å². The zero-order valence-electron chi connectivity index (χ0n) is 15.2. The molecule has 3 rings (SSSR count). The number of aryl methyl sites for hydroxylation is 2. The molecule has 27 heavy (non-hydrogen) atoms. The molecular weight excluding hydrogens is 366 g/mol. The molecule has 0 N–H and O–H groups in total. The van der Waals surface area contributed by atoms with Crippen LogP contribution in [0.3, 0.4) is 0 Å². The van der Waals surface area contributed by atoms with E-state index >= 15 is 0 Å². The number of hydrogen-bond acceptors (Lipinski definition) is 5. The number of halogens is 1. The highest BCUT2D eigenvalue weighted by molar-refractivity contribution is 6.31. The van der Waals surface area contributed by atoms with E-state index in [9.17, 15) is 4.79 Å². The van der Waals surface area contributed by atoms with Crippen molar-refractivity contribution in [2.75, 3.05) is 0 Å². The summed E-state index contributed by atoms with van der Waals surface area (Å²) in [5.74, 6) is 1.16. The fraction of sp³-hybridized carbons (Fsp3) is 0.238. The van der Waals surface area contributed by atoms with Crippen molar-refractivity contribution < 1.29 is 18.8 Å². The molecule has 0 saturated heterocycles. The lowest BCUT2D eigenvalue weighted by molar-refractivity contribution is -0.144. The van der Waals surface area contributed by atoms with Gasteiger partial charge in [0.05, 0.1) is 17.7 Å². The average Bonchev–Trinajstić information content (AvgIpc) is 2.98. The Hall–Kier alpha value is -2.79. The molecule has 5 nitrogen and oxygen atoms in total. The summed E-state index contributed by atoms with van der Waals surface area (Å²) in [5.41, 5.74) is 3.41. The van der Waals surface area contributed by atoms with Crippen LogP contribution in [0.4, 0.5) is 0 Å². The largest absolute Gasteiger partial charge is 0.489 e. The minimum atomic E-state index is -0.306. The van der Waals surface area contributed by atoms with Crippen LogP contribution in [0.5, 0.6) is 5.75 Å². The zero-order chi connectivity index (χ0) is 19.2. The topological polar surface area (TPSA) is 61.6 Å². The van der Waals surface area contributed by atoms with Crippen LogP contribution < -0.4 is 4.74 Å². The van der Waals surface area contributed by atoms with E-state index in [0.29, 0.717) is 17.4 Å². The van der Waals surface area contributed by atoms with Crippen LogP contribution in [-0.2, 0) is 29.2 Å². The molecule has 0 spiro atoms. The number of rotatable bonds is 7. The highest BCUT2D eigenvalue weighted by atomic mass is 35.5. The summed E-state index contributed by atoms with van der Waals surface area (Å²) in [6.45, 7) is 4.29. The Bertz CT molecular complexity index is 899. The van der Waals surface area contributed by atoms with Gasteiger partial charge in [-0.3, -0.25) is 4.79 Å². The molecule has 1 heterocycles. The van der Waals surface area contributed by atoms with E-state index in [1.54, 1.807) is 6.07 Å². The van der Waals surface area contributed by atoms with Crippen molar-refractivity contribution in [1.29, 1.82) is 0 Å². The molecule has 0 saturated carbocycles. The Kier molecular flexibility index (Phi) is 6.14. The Labute approximate surface area is 162 Å². The van der Waals surface area contributed by atoms with Gasteiger partial charge in [0, 0.05) is 10.6 Å². The van der Waals surface area contributed by atoms with Gasteiger partial charge >= 0.3 is 5.97 Å². The lowest BCUT2D eigenvalue weighted by Gasteiger charge is -2.08. The highest BCUT2D eigenvalue weighted by Crippen LogP contribution is 2.19. The first-order chi connectivity index (χ1) is 13.0. The van der Waals surface area contributed by atoms with Gasteiger partial charge in [-0.05, 0) is 37.6 Å². The molecule has 0 aliphatic heterocycles. The smallest absolute Gasteiger partial charge is 0.310 e. The number of esters is 1. The van der Waals surface area contributed by atoms with Crippen LogP contribution >= 0.6 is 11.6 Å². The second kappa shape index (κ2) is 8.73. The number of hydrogen-bond donors (Lipinski definition) is 0. The van der Waals surface area contributed by atoms with Gasteiger partial charge in [-0.2, -0.15) is 0 Å². The first-order valence-electron chi connectivity index (χ1n) is 8.55. The van der Waals surface area contributed by atoms with Gasteiger partial charge in [0.1, 0.15) is 24.7 Å². The molecule has 0 unspecified atom stereocenters. The second-order valence-electron chi connectivity index (χ2n) is 6.16. The quantitative estimate of drug-likeness (QED) is 0.546. The third-order valence-electron chi connectivity index (χ3n) is 4.18. The Morgan fingerprint density at radius 1 is 1.07 bits per heavy atom. The number of benzene rings is 2. The molecule has 0 atom stereocenters. The highest BCUT2D eigenvalue weighted by Gasteiger charge is 2.10. The van der Waals surface area contributed by atoms with Crippen LogP contribution in [0.25, 0.3) is 0 Å². The minimum absolute atomic E-state index is 0.164. The fourth-order valence-electron chi connectivity index (χ4n) is 2.56. The van der Waals surface area contributed by atoms with E-state index < -0.39 is 0 Å². The molecule has 0 amide bonds. The second-order valence-corrected chi connectivity index (χ2v) is 6.57. The third kappa shape index (κ3) is 5.11. The van der Waals surface area contributed by atoms with Crippen LogP contribution in [0.1, 0.15) is 28.1 Å². The molecule has 2 aromatic carbocycles. The SMILES string of the molecule is Cc1noc(C)c1COc1ccc(CC(=O)OCc2ccccc2Cl)cc1. The number of carbonyl (C=O) groups excluding carboxylic acids is 1. The van der Waals surface area contributed by atoms with Gasteiger partial charge in [0.25, 0.3) is 0 Å². The molecule has 0 aliphatic carbocycles. The van der Waals surface area contributed by atoms with E-state index in [0.717, 1.165) is 28.1 Å². The Balaban J connectivity index is 1.50. The summed E-state index contributed by atoms with van der Waals surface area (Å²) in [6.07, 6.45) is 0.189. The Morgan fingerprint density at radius 2 is 1.81 bits per heavy atom. The summed E-state index contributed by atoms with van der Waals surface area (Å²) < 4.78 is 16.2. The molecule has 6 heteroatoms. The van der Waals surface area contributed by atoms with Crippen molar-refractivity contribution in [3.63, 3.8) is 0 Å². The Morgan fingerprint density at radius 3 is 2.48 bits per heavy atom. The van der Waals surface area contributed by atoms with Gasteiger partial charge in [-0.25, -0.2) is 0 Å². The summed E-state index contributed by atoms with van der Waals surface area (Å²) in [6, 6.07) is 14.6. The lowest BCUT2D eigenvalue weighted by atomic mass is 10.1. The maximum atomic E-state index is 12.0. The summed E-state index contributed by atoms with van der Waals surface area (Å²) in [4.78, 5) is 12.0. The molecular formula is C21H20ClNO4. The monoisotopic (exact) mass is 385 g/mol. The van der Waals surface area contributed by atoms with Crippen molar-refractivity contribution in [3.05, 3.63) is 81.7 Å². The molecule has 0 fully saturated rings. The van der Waals surface area contributed by atoms with Gasteiger partial charge in [0.15, 0.2) is 0 Å². The van der Waals surface area contributed by atoms with Crippen molar-refractivity contribution >= 4 is 17.6 Å². The van der Waals surface area contributed by atoms with Crippen LogP contribution in [-0.4, -0.2) is 11.1 Å². The molecule has 3 aromatic rings. The van der Waals surface area contributed by atoms with E-state index in [1.165, 1.54) is 0 Å². The maximum Gasteiger partial charge on any atom is 0.310 e. The van der Waals surface area contributed by atoms with Gasteiger partial charge < -0.3 is 14.0 Å². The number of carbonyl (C=O) groups is 1. The van der Waals surface area contributed by atoms with E-state index in [1.807, 2.05) is 56.3 Å². The van der Waals surface area contributed by atoms with Crippen molar-refractivity contribution in [2.24, 2.45) is 0 Å². The van der Waals surface area contributed by atoms with Crippen molar-refractivity contribution in [2.45, 2.75) is 33.5 Å². The first-order valence-corrected chi connectivity index (χ1v) is 8.93. The normalized spacial score (nSPS) is 10.6. The van der Waals surface area contributed by atoms with Gasteiger partial charge in [-0.15, -0.1) is 0 Å². The number of ether oxygens (including phenoxy) is 2. The molecule has 0 bridgehead atoms. The van der Waals surface area contributed by atoms with E-state index in [-0.39, 0.29) is 19.0 Å². The zero-order valence-corrected chi connectivity index (χ0v) is 16.0. The summed E-state index contributed by atoms with van der Waals surface area (Å²) in [7, 11) is 0. The fourth-order valence-corrected chi connectivity index (χ4v) is 2.75. The number of nitrogens with zero attached hydrogens (tertiary/aromatic N) is 1. The predicted molar refractivity (Wildman–Crippen MR) is 102 cm³/mol. The average molecular weight is 386 g/mol. The van der Waals surface area contributed by atoms with Crippen LogP contribution in [0.15, 0.2) is 53.1 Å². The standard InChI is InChI=1S/C21H20ClNO4/c1-14-19(15(2)27-23-14)13-25-18-9-7-16(8-10-18)11-21(24)26-12-17-5-3-4-6-20(17)22/h3-10H,11-13H2,1-2H3. The first kappa shape index (κ1) is 19.0. The predicted octanol–water partition coefficient (Wildman–Crippen LogP) is 4.81. The number of aromatic nitrogens is 1. The third-order valence-corrected chi connectivity index (χ3v) is 4.55. The maximum absolute atomic E-state index is 12.0. The van der Waals surface area contributed by atoms with E-state index in [2.05, 4.69) is 5.16 Å². The molecule has 0 radical (unpaired) electrons. The van der Waals surface area contributed by atoms with Gasteiger partial charge in [0.2, 0.25) is 0 Å². The molecule has 140 valence electrons. The minimum Gasteiger partial charge on any atom is -0.489 e. The van der Waals surface area contributed by atoms with Crippen molar-refractivity contribution in [3.8, 4) is 5.75 Å². The molecule has 1 aromatic heterocycles. The molecule has 0 aliphatic rings. The van der Waals surface area contributed by atoms with Crippen LogP contribution in [0.2, 0.25) is 5.02 Å². The van der Waals surface area contributed by atoms with Crippen molar-refractivity contribution in [1.82, 2.24) is 5.16 Å². The summed E-state index contributed by atoms with van der Waals surface area (Å²) >= 11 is 6.06.